The third kappa shape index (κ3) is 1.36. The molecule has 16 heavy (non-hydrogen) atoms. The van der Waals surface area contributed by atoms with E-state index in [9.17, 15) is 9.90 Å². The zero-order valence-corrected chi connectivity index (χ0v) is 8.50. The number of aliphatic hydroxyl groups excluding tert-OH is 1. The van der Waals surface area contributed by atoms with Crippen LogP contribution in [0.3, 0.4) is 0 Å². The van der Waals surface area contributed by atoms with Crippen LogP contribution >= 0.6 is 0 Å². The molecular weight excluding hydrogens is 210 g/mol. The summed E-state index contributed by atoms with van der Waals surface area (Å²) in [7, 11) is 0. The first-order valence-corrected chi connectivity index (χ1v) is 5.10. The minimum absolute atomic E-state index is 0.292. The highest BCUT2D eigenvalue weighted by Gasteiger charge is 2.21. The third-order valence-electron chi connectivity index (χ3n) is 2.78. The van der Waals surface area contributed by atoms with Crippen molar-refractivity contribution >= 4 is 11.5 Å². The molecule has 0 unspecified atom stereocenters. The van der Waals surface area contributed by atoms with Gasteiger partial charge in [-0.2, -0.15) is 5.10 Å². The lowest BCUT2D eigenvalue weighted by Crippen LogP contribution is -2.22. The van der Waals surface area contributed by atoms with Gasteiger partial charge in [0.1, 0.15) is 12.1 Å². The number of H-pyrrole nitrogens is 1. The molecule has 84 valence electrons. The van der Waals surface area contributed by atoms with Gasteiger partial charge >= 0.3 is 5.69 Å². The largest absolute Gasteiger partial charge is 0.391 e. The van der Waals surface area contributed by atoms with Crippen molar-refractivity contribution < 1.29 is 5.11 Å². The molecule has 1 saturated heterocycles. The summed E-state index contributed by atoms with van der Waals surface area (Å²) in [5, 5.41) is 15.7. The molecule has 1 aliphatic rings. The quantitative estimate of drug-likeness (QED) is 0.644. The lowest BCUT2D eigenvalue weighted by atomic mass is 10.3. The van der Waals surface area contributed by atoms with Gasteiger partial charge in [-0.05, 0) is 6.42 Å². The molecule has 0 amide bonds. The molecule has 2 N–H and O–H groups in total. The summed E-state index contributed by atoms with van der Waals surface area (Å²) in [6.45, 7) is 1.36. The van der Waals surface area contributed by atoms with E-state index in [1.807, 2.05) is 4.90 Å². The fourth-order valence-electron chi connectivity index (χ4n) is 1.92. The molecule has 1 atom stereocenters. The number of hydrogen-bond donors (Lipinski definition) is 2. The number of aromatic amines is 1. The Bertz CT molecular complexity index is 575. The minimum atomic E-state index is -0.296. The first-order valence-electron chi connectivity index (χ1n) is 5.10. The molecular formula is C9H11N5O2. The normalized spacial score (nSPS) is 20.8. The molecule has 7 heteroatoms. The van der Waals surface area contributed by atoms with Crippen molar-refractivity contribution in [1.82, 2.24) is 19.6 Å². The predicted molar refractivity (Wildman–Crippen MR) is 56.4 cm³/mol. The molecule has 2 aromatic rings. The van der Waals surface area contributed by atoms with E-state index in [1.54, 1.807) is 6.07 Å². The maximum absolute atomic E-state index is 11.2. The van der Waals surface area contributed by atoms with Gasteiger partial charge in [0.2, 0.25) is 0 Å². The van der Waals surface area contributed by atoms with E-state index in [4.69, 9.17) is 0 Å². The SMILES string of the molecule is O=c1[nH]nc2cc(N3CC[C@@H](O)C3)ncn12. The number of nitrogens with zero attached hydrogens (tertiary/aromatic N) is 4. The molecule has 0 aliphatic carbocycles. The van der Waals surface area contributed by atoms with Crippen LogP contribution in [-0.2, 0) is 0 Å². The van der Waals surface area contributed by atoms with E-state index in [1.165, 1.54) is 10.7 Å². The van der Waals surface area contributed by atoms with Crippen molar-refractivity contribution in [3.63, 3.8) is 0 Å². The van der Waals surface area contributed by atoms with Crippen LogP contribution in [0.5, 0.6) is 0 Å². The van der Waals surface area contributed by atoms with E-state index in [0.29, 0.717) is 12.2 Å². The van der Waals surface area contributed by atoms with E-state index >= 15 is 0 Å². The summed E-state index contributed by atoms with van der Waals surface area (Å²) < 4.78 is 1.34. The molecule has 0 bridgehead atoms. The summed E-state index contributed by atoms with van der Waals surface area (Å²) in [4.78, 5) is 17.4. The standard InChI is InChI=1S/C9H11N5O2/c15-6-1-2-13(4-6)7-3-8-11-12-9(16)14(8)5-10-7/h3,5-6,15H,1-2,4H2,(H,12,16)/t6-/m1/s1. The lowest BCUT2D eigenvalue weighted by Gasteiger charge is -2.15. The van der Waals surface area contributed by atoms with Gasteiger partial charge in [0, 0.05) is 19.2 Å². The lowest BCUT2D eigenvalue weighted by molar-refractivity contribution is 0.198. The molecule has 3 rings (SSSR count). The highest BCUT2D eigenvalue weighted by Crippen LogP contribution is 2.17. The number of nitrogens with one attached hydrogen (secondary N) is 1. The van der Waals surface area contributed by atoms with Crippen LogP contribution in [0.25, 0.3) is 5.65 Å². The molecule has 0 spiro atoms. The van der Waals surface area contributed by atoms with Crippen LogP contribution in [0.1, 0.15) is 6.42 Å². The third-order valence-corrected chi connectivity index (χ3v) is 2.78. The molecule has 1 aliphatic heterocycles. The van der Waals surface area contributed by atoms with Gasteiger partial charge in [-0.3, -0.25) is 0 Å². The number of β-amino-alcohol motifs (C(OH)–C–C–N with tert-alkyl or cyclic N) is 1. The second-order valence-corrected chi connectivity index (χ2v) is 3.89. The van der Waals surface area contributed by atoms with Crippen molar-refractivity contribution in [2.75, 3.05) is 18.0 Å². The number of fused-ring (bicyclic) bond motifs is 1. The zero-order valence-electron chi connectivity index (χ0n) is 8.50. The number of aromatic nitrogens is 4. The molecule has 0 saturated carbocycles. The Morgan fingerprint density at radius 3 is 3.19 bits per heavy atom. The molecule has 3 heterocycles. The second-order valence-electron chi connectivity index (χ2n) is 3.89. The predicted octanol–water partition coefficient (Wildman–Crippen LogP) is -1.01. The zero-order chi connectivity index (χ0) is 11.1. The van der Waals surface area contributed by atoms with Gasteiger partial charge in [-0.25, -0.2) is 19.3 Å². The Kier molecular flexibility index (Phi) is 1.93. The molecule has 0 radical (unpaired) electrons. The average molecular weight is 221 g/mol. The first-order chi connectivity index (χ1) is 7.74. The highest BCUT2D eigenvalue weighted by atomic mass is 16.3. The van der Waals surface area contributed by atoms with Crippen LogP contribution in [-0.4, -0.2) is 43.9 Å². The van der Waals surface area contributed by atoms with E-state index in [0.717, 1.165) is 18.8 Å². The van der Waals surface area contributed by atoms with Crippen LogP contribution < -0.4 is 10.6 Å². The van der Waals surface area contributed by atoms with Crippen LogP contribution in [0.4, 0.5) is 5.82 Å². The summed E-state index contributed by atoms with van der Waals surface area (Å²) in [6.07, 6.45) is 1.90. The van der Waals surface area contributed by atoms with Gasteiger partial charge in [0.15, 0.2) is 5.65 Å². The van der Waals surface area contributed by atoms with Crippen molar-refractivity contribution in [3.8, 4) is 0 Å². The summed E-state index contributed by atoms with van der Waals surface area (Å²) >= 11 is 0. The van der Waals surface area contributed by atoms with Crippen molar-refractivity contribution in [2.45, 2.75) is 12.5 Å². The summed E-state index contributed by atoms with van der Waals surface area (Å²) in [5.74, 6) is 0.739. The molecule has 1 fully saturated rings. The number of hydrogen-bond acceptors (Lipinski definition) is 5. The molecule has 2 aromatic heterocycles. The van der Waals surface area contributed by atoms with Crippen molar-refractivity contribution in [1.29, 1.82) is 0 Å². The Labute approximate surface area is 90.3 Å². The van der Waals surface area contributed by atoms with Crippen LogP contribution in [0.15, 0.2) is 17.2 Å². The fraction of sp³-hybridized carbons (Fsp3) is 0.444. The van der Waals surface area contributed by atoms with Gasteiger partial charge in [0.05, 0.1) is 6.10 Å². The van der Waals surface area contributed by atoms with Crippen molar-refractivity contribution in [2.24, 2.45) is 0 Å². The Morgan fingerprint density at radius 2 is 2.44 bits per heavy atom. The summed E-state index contributed by atoms with van der Waals surface area (Å²) in [5.41, 5.74) is 0.242. The average Bonchev–Trinajstić information content (AvgIpc) is 2.86. The van der Waals surface area contributed by atoms with Crippen LogP contribution in [0, 0.1) is 0 Å². The van der Waals surface area contributed by atoms with Gasteiger partial charge in [-0.1, -0.05) is 0 Å². The fourth-order valence-corrected chi connectivity index (χ4v) is 1.92. The molecule has 0 aromatic carbocycles. The Balaban J connectivity index is 2.02. The van der Waals surface area contributed by atoms with Crippen LogP contribution in [0.2, 0.25) is 0 Å². The number of rotatable bonds is 1. The van der Waals surface area contributed by atoms with Gasteiger partial charge in [0.25, 0.3) is 0 Å². The topological polar surface area (TPSA) is 86.5 Å². The van der Waals surface area contributed by atoms with Gasteiger partial charge in [-0.15, -0.1) is 0 Å². The minimum Gasteiger partial charge on any atom is -0.391 e. The number of aliphatic hydroxyl groups is 1. The molecule has 7 nitrogen and oxygen atoms in total. The Morgan fingerprint density at radius 1 is 1.56 bits per heavy atom. The maximum atomic E-state index is 11.2. The van der Waals surface area contributed by atoms with E-state index in [-0.39, 0.29) is 11.8 Å². The smallest absolute Gasteiger partial charge is 0.348 e. The van der Waals surface area contributed by atoms with Gasteiger partial charge < -0.3 is 10.0 Å². The monoisotopic (exact) mass is 221 g/mol. The number of anilines is 1. The Hall–Kier alpha value is -1.89. The highest BCUT2D eigenvalue weighted by molar-refractivity contribution is 5.50. The first kappa shape index (κ1) is 9.34. The maximum Gasteiger partial charge on any atom is 0.348 e. The second kappa shape index (κ2) is 3.31. The van der Waals surface area contributed by atoms with E-state index < -0.39 is 0 Å². The summed E-state index contributed by atoms with van der Waals surface area (Å²) in [6, 6.07) is 1.73. The van der Waals surface area contributed by atoms with E-state index in [2.05, 4.69) is 15.2 Å². The van der Waals surface area contributed by atoms with Crippen molar-refractivity contribution in [3.05, 3.63) is 22.9 Å².